The summed E-state index contributed by atoms with van der Waals surface area (Å²) in [6, 6.07) is 0. The molecule has 1 aliphatic heterocycles. The number of aromatic nitrogens is 2. The molecule has 1 atom stereocenters. The van der Waals surface area contributed by atoms with Gasteiger partial charge in [-0.2, -0.15) is 5.10 Å². The van der Waals surface area contributed by atoms with Crippen LogP contribution in [0.3, 0.4) is 0 Å². The molecule has 1 aliphatic rings. The van der Waals surface area contributed by atoms with Crippen molar-refractivity contribution in [1.29, 1.82) is 0 Å². The topological polar surface area (TPSA) is 27.1 Å². The molecule has 0 aromatic carbocycles. The second kappa shape index (κ2) is 4.13. The molecule has 0 aliphatic carbocycles. The maximum atomic E-state index is 5.57. The Kier molecular flexibility index (Phi) is 2.87. The standard InChI is InChI=1S/C11H18N2O/c1-9(2)10-6-12-13(7-10)8-11-4-3-5-14-11/h6-7,9,11H,3-5,8H2,1-2H3/t11-/m0/s1. The summed E-state index contributed by atoms with van der Waals surface area (Å²) in [4.78, 5) is 0. The number of rotatable bonds is 3. The van der Waals surface area contributed by atoms with Gasteiger partial charge in [-0.3, -0.25) is 4.68 Å². The highest BCUT2D eigenvalue weighted by atomic mass is 16.5. The van der Waals surface area contributed by atoms with Crippen molar-refractivity contribution in [3.05, 3.63) is 18.0 Å². The largest absolute Gasteiger partial charge is 0.376 e. The van der Waals surface area contributed by atoms with Crippen LogP contribution in [0, 0.1) is 0 Å². The maximum absolute atomic E-state index is 5.57. The van der Waals surface area contributed by atoms with Gasteiger partial charge in [-0.25, -0.2) is 0 Å². The summed E-state index contributed by atoms with van der Waals surface area (Å²) in [6.45, 7) is 6.20. The van der Waals surface area contributed by atoms with Crippen LogP contribution in [0.5, 0.6) is 0 Å². The van der Waals surface area contributed by atoms with Crippen molar-refractivity contribution in [1.82, 2.24) is 9.78 Å². The fourth-order valence-corrected chi connectivity index (χ4v) is 1.77. The smallest absolute Gasteiger partial charge is 0.0771 e. The normalized spacial score (nSPS) is 22.1. The molecule has 2 heterocycles. The third-order valence-electron chi connectivity index (χ3n) is 2.73. The van der Waals surface area contributed by atoms with Gasteiger partial charge in [0, 0.05) is 12.8 Å². The van der Waals surface area contributed by atoms with Gasteiger partial charge in [0.05, 0.1) is 18.8 Å². The Morgan fingerprint density at radius 1 is 1.64 bits per heavy atom. The van der Waals surface area contributed by atoms with Crippen LogP contribution in [0.25, 0.3) is 0 Å². The summed E-state index contributed by atoms with van der Waals surface area (Å²) in [5, 5.41) is 4.34. The summed E-state index contributed by atoms with van der Waals surface area (Å²) >= 11 is 0. The molecule has 3 heteroatoms. The van der Waals surface area contributed by atoms with Gasteiger partial charge >= 0.3 is 0 Å². The molecule has 1 fully saturated rings. The lowest BCUT2D eigenvalue weighted by Gasteiger charge is -2.08. The Hall–Kier alpha value is -0.830. The molecule has 3 nitrogen and oxygen atoms in total. The molecule has 1 saturated heterocycles. The predicted octanol–water partition coefficient (Wildman–Crippen LogP) is 2.19. The first-order valence-corrected chi connectivity index (χ1v) is 5.39. The van der Waals surface area contributed by atoms with Crippen LogP contribution in [-0.2, 0) is 11.3 Å². The molecular weight excluding hydrogens is 176 g/mol. The minimum absolute atomic E-state index is 0.384. The predicted molar refractivity (Wildman–Crippen MR) is 55.3 cm³/mol. The minimum atomic E-state index is 0.384. The lowest BCUT2D eigenvalue weighted by Crippen LogP contribution is -2.15. The van der Waals surface area contributed by atoms with E-state index in [4.69, 9.17) is 4.74 Å². The average Bonchev–Trinajstić information content (AvgIpc) is 2.75. The third-order valence-corrected chi connectivity index (χ3v) is 2.73. The van der Waals surface area contributed by atoms with Crippen LogP contribution >= 0.6 is 0 Å². The molecule has 1 aromatic rings. The van der Waals surface area contributed by atoms with Gasteiger partial charge in [0.1, 0.15) is 0 Å². The molecule has 0 N–H and O–H groups in total. The zero-order chi connectivity index (χ0) is 9.97. The van der Waals surface area contributed by atoms with E-state index < -0.39 is 0 Å². The van der Waals surface area contributed by atoms with Crippen molar-refractivity contribution >= 4 is 0 Å². The molecule has 0 radical (unpaired) electrons. The van der Waals surface area contributed by atoms with Crippen molar-refractivity contribution in [2.45, 2.75) is 45.3 Å². The van der Waals surface area contributed by atoms with Crippen molar-refractivity contribution in [3.63, 3.8) is 0 Å². The van der Waals surface area contributed by atoms with Gasteiger partial charge < -0.3 is 4.74 Å². The van der Waals surface area contributed by atoms with Crippen molar-refractivity contribution < 1.29 is 4.74 Å². The summed E-state index contributed by atoms with van der Waals surface area (Å²) in [5.41, 5.74) is 1.31. The molecule has 78 valence electrons. The van der Waals surface area contributed by atoms with Crippen molar-refractivity contribution in [2.75, 3.05) is 6.61 Å². The first-order chi connectivity index (χ1) is 6.75. The van der Waals surface area contributed by atoms with E-state index in [9.17, 15) is 0 Å². The highest BCUT2D eigenvalue weighted by molar-refractivity contribution is 5.08. The lowest BCUT2D eigenvalue weighted by molar-refractivity contribution is 0.0940. The Balaban J connectivity index is 1.95. The molecule has 0 saturated carbocycles. The Morgan fingerprint density at radius 3 is 3.07 bits per heavy atom. The van der Waals surface area contributed by atoms with Gasteiger partial charge in [-0.05, 0) is 24.3 Å². The van der Waals surface area contributed by atoms with Gasteiger partial charge in [-0.15, -0.1) is 0 Å². The van der Waals surface area contributed by atoms with Crippen LogP contribution in [0.4, 0.5) is 0 Å². The quantitative estimate of drug-likeness (QED) is 0.737. The van der Waals surface area contributed by atoms with Crippen molar-refractivity contribution in [3.8, 4) is 0 Å². The van der Waals surface area contributed by atoms with Crippen LogP contribution in [-0.4, -0.2) is 22.5 Å². The molecule has 0 unspecified atom stereocenters. The molecule has 0 spiro atoms. The molecule has 14 heavy (non-hydrogen) atoms. The van der Waals surface area contributed by atoms with E-state index in [1.54, 1.807) is 0 Å². The minimum Gasteiger partial charge on any atom is -0.376 e. The fourth-order valence-electron chi connectivity index (χ4n) is 1.77. The Morgan fingerprint density at radius 2 is 2.50 bits per heavy atom. The Bertz CT molecular complexity index is 287. The van der Waals surface area contributed by atoms with E-state index in [0.29, 0.717) is 12.0 Å². The number of hydrogen-bond donors (Lipinski definition) is 0. The Labute approximate surface area is 85.1 Å². The summed E-state index contributed by atoms with van der Waals surface area (Å²) in [6.07, 6.45) is 6.85. The SMILES string of the molecule is CC(C)c1cnn(C[C@@H]2CCCO2)c1. The van der Waals surface area contributed by atoms with Crippen molar-refractivity contribution in [2.24, 2.45) is 0 Å². The highest BCUT2D eigenvalue weighted by Crippen LogP contribution is 2.16. The first-order valence-electron chi connectivity index (χ1n) is 5.39. The van der Waals surface area contributed by atoms with E-state index in [0.717, 1.165) is 13.2 Å². The summed E-state index contributed by atoms with van der Waals surface area (Å²) in [7, 11) is 0. The monoisotopic (exact) mass is 194 g/mol. The number of hydrogen-bond acceptors (Lipinski definition) is 2. The lowest BCUT2D eigenvalue weighted by atomic mass is 10.1. The number of nitrogens with zero attached hydrogens (tertiary/aromatic N) is 2. The third kappa shape index (κ3) is 2.15. The first kappa shape index (κ1) is 9.71. The summed E-state index contributed by atoms with van der Waals surface area (Å²) in [5.74, 6) is 0.563. The van der Waals surface area contributed by atoms with E-state index in [-0.39, 0.29) is 0 Å². The zero-order valence-corrected chi connectivity index (χ0v) is 8.94. The average molecular weight is 194 g/mol. The molecule has 1 aromatic heterocycles. The zero-order valence-electron chi connectivity index (χ0n) is 8.94. The van der Waals surface area contributed by atoms with Crippen LogP contribution in [0.2, 0.25) is 0 Å². The highest BCUT2D eigenvalue weighted by Gasteiger charge is 2.16. The summed E-state index contributed by atoms with van der Waals surface area (Å²) < 4.78 is 7.57. The van der Waals surface area contributed by atoms with Crippen LogP contribution in [0.1, 0.15) is 38.2 Å². The molecule has 0 amide bonds. The van der Waals surface area contributed by atoms with E-state index in [1.165, 1.54) is 18.4 Å². The molecular formula is C11H18N2O. The molecule has 0 bridgehead atoms. The molecule has 2 rings (SSSR count). The van der Waals surface area contributed by atoms with Gasteiger partial charge in [-0.1, -0.05) is 13.8 Å². The van der Waals surface area contributed by atoms with Gasteiger partial charge in [0.25, 0.3) is 0 Å². The maximum Gasteiger partial charge on any atom is 0.0771 e. The van der Waals surface area contributed by atoms with E-state index in [1.807, 2.05) is 10.9 Å². The van der Waals surface area contributed by atoms with Gasteiger partial charge in [0.15, 0.2) is 0 Å². The van der Waals surface area contributed by atoms with Crippen LogP contribution in [0.15, 0.2) is 12.4 Å². The second-order valence-electron chi connectivity index (χ2n) is 4.29. The number of ether oxygens (including phenoxy) is 1. The van der Waals surface area contributed by atoms with Gasteiger partial charge in [0.2, 0.25) is 0 Å². The fraction of sp³-hybridized carbons (Fsp3) is 0.727. The van der Waals surface area contributed by atoms with E-state index >= 15 is 0 Å². The van der Waals surface area contributed by atoms with E-state index in [2.05, 4.69) is 25.1 Å². The second-order valence-corrected chi connectivity index (χ2v) is 4.29. The van der Waals surface area contributed by atoms with Crippen LogP contribution < -0.4 is 0 Å².